The van der Waals surface area contributed by atoms with Crippen molar-refractivity contribution in [2.75, 3.05) is 23.8 Å². The Morgan fingerprint density at radius 3 is 2.24 bits per heavy atom. The second kappa shape index (κ2) is 10.6. The van der Waals surface area contributed by atoms with Crippen molar-refractivity contribution in [1.29, 1.82) is 0 Å². The smallest absolute Gasteiger partial charge is 0.309 e. The molecule has 152 valence electrons. The molecule has 0 saturated heterocycles. The highest BCUT2D eigenvalue weighted by molar-refractivity contribution is 6.06. The van der Waals surface area contributed by atoms with E-state index in [2.05, 4.69) is 10.6 Å². The fraction of sp³-hybridized carbons (Fsp3) is 0.238. The quantitative estimate of drug-likeness (QED) is 0.496. The Kier molecular flexibility index (Phi) is 7.90. The summed E-state index contributed by atoms with van der Waals surface area (Å²) in [5.41, 5.74) is 0.813. The number of nitrogens with one attached hydrogen (secondary N) is 2. The van der Waals surface area contributed by atoms with Crippen LogP contribution in [0.2, 0.25) is 0 Å². The Bertz CT molecular complexity index is 895. The molecule has 2 amide bonds. The lowest BCUT2D eigenvalue weighted by Gasteiger charge is -2.12. The van der Waals surface area contributed by atoms with E-state index in [0.29, 0.717) is 11.4 Å². The molecule has 0 aromatic heterocycles. The number of hydrogen-bond acceptors (Lipinski definition) is 6. The number of benzene rings is 2. The van der Waals surface area contributed by atoms with Gasteiger partial charge in [0.2, 0.25) is 17.6 Å². The molecule has 8 heteroatoms. The minimum absolute atomic E-state index is 0.0117. The maximum atomic E-state index is 12.4. The van der Waals surface area contributed by atoms with Gasteiger partial charge in [0.1, 0.15) is 5.75 Å². The van der Waals surface area contributed by atoms with E-state index in [-0.39, 0.29) is 36.1 Å². The molecule has 0 atom stereocenters. The molecular formula is C21H22N2O6. The predicted molar refractivity (Wildman–Crippen MR) is 107 cm³/mol. The number of Topliss-reactive ketones (excluding diaryl/α,β-unsaturated/α-hetero) is 1. The van der Waals surface area contributed by atoms with Gasteiger partial charge in [-0.15, -0.1) is 0 Å². The summed E-state index contributed by atoms with van der Waals surface area (Å²) in [5.74, 6) is -1.10. The van der Waals surface area contributed by atoms with Crippen LogP contribution in [0.25, 0.3) is 0 Å². The molecular weight excluding hydrogens is 376 g/mol. The maximum Gasteiger partial charge on any atom is 0.309 e. The van der Waals surface area contributed by atoms with Gasteiger partial charge < -0.3 is 20.1 Å². The molecule has 29 heavy (non-hydrogen) atoms. The Morgan fingerprint density at radius 2 is 1.59 bits per heavy atom. The summed E-state index contributed by atoms with van der Waals surface area (Å²) in [7, 11) is 0. The number of rotatable bonds is 9. The molecule has 0 saturated carbocycles. The number of ketones is 1. The number of ether oxygens (including phenoxy) is 2. The summed E-state index contributed by atoms with van der Waals surface area (Å²) in [6.45, 7) is 2.29. The minimum atomic E-state index is -0.578. The number of carbonyl (C=O) groups excluding carboxylic acids is 4. The van der Waals surface area contributed by atoms with Gasteiger partial charge in [0.25, 0.3) is 0 Å². The van der Waals surface area contributed by atoms with Gasteiger partial charge in [-0.1, -0.05) is 18.2 Å². The zero-order valence-electron chi connectivity index (χ0n) is 16.2. The summed E-state index contributed by atoms with van der Waals surface area (Å²) in [5, 5.41) is 5.11. The molecule has 0 unspecified atom stereocenters. The second-order valence-electron chi connectivity index (χ2n) is 6.12. The van der Waals surface area contributed by atoms with Crippen LogP contribution in [-0.4, -0.2) is 36.8 Å². The first-order chi connectivity index (χ1) is 13.8. The number of amides is 2. The Balaban J connectivity index is 1.92. The zero-order chi connectivity index (χ0) is 21.2. The molecule has 0 bridgehead atoms. The summed E-state index contributed by atoms with van der Waals surface area (Å²) in [6.07, 6.45) is -0.0117. The summed E-state index contributed by atoms with van der Waals surface area (Å²) < 4.78 is 10.4. The first kappa shape index (κ1) is 21.6. The average molecular weight is 398 g/mol. The van der Waals surface area contributed by atoms with Crippen molar-refractivity contribution in [1.82, 2.24) is 0 Å². The second-order valence-corrected chi connectivity index (χ2v) is 6.12. The van der Waals surface area contributed by atoms with Crippen LogP contribution >= 0.6 is 0 Å². The average Bonchev–Trinajstić information content (AvgIpc) is 2.66. The lowest BCUT2D eigenvalue weighted by molar-refractivity contribution is -0.143. The number of esters is 1. The van der Waals surface area contributed by atoms with Crippen molar-refractivity contribution in [2.24, 2.45) is 0 Å². The van der Waals surface area contributed by atoms with Crippen LogP contribution in [0, 0.1) is 0 Å². The van der Waals surface area contributed by atoms with Crippen LogP contribution in [0.1, 0.15) is 30.6 Å². The third kappa shape index (κ3) is 7.45. The largest absolute Gasteiger partial charge is 0.493 e. The fourth-order valence-electron chi connectivity index (χ4n) is 2.43. The molecule has 2 N–H and O–H groups in total. The van der Waals surface area contributed by atoms with Crippen molar-refractivity contribution < 1.29 is 28.7 Å². The van der Waals surface area contributed by atoms with E-state index in [0.717, 1.165) is 0 Å². The van der Waals surface area contributed by atoms with Crippen LogP contribution in [0.5, 0.6) is 5.75 Å². The molecule has 0 fully saturated rings. The van der Waals surface area contributed by atoms with E-state index in [1.54, 1.807) is 12.1 Å². The van der Waals surface area contributed by atoms with Gasteiger partial charge in [0, 0.05) is 25.1 Å². The van der Waals surface area contributed by atoms with Gasteiger partial charge >= 0.3 is 5.97 Å². The standard InChI is InChI=1S/C21H22N2O6/c1-14(24)22-16-8-9-18(19(12-16)23-15(2)25)20(26)13-29-21(27)10-11-28-17-6-4-3-5-7-17/h3-9,12H,10-11,13H2,1-2H3,(H,22,24)(H,23,25). The number of hydrogen-bond donors (Lipinski definition) is 2. The number of para-hydroxylation sites is 1. The van der Waals surface area contributed by atoms with E-state index < -0.39 is 18.4 Å². The SMILES string of the molecule is CC(=O)Nc1ccc(C(=O)COC(=O)CCOc2ccccc2)c(NC(C)=O)c1. The molecule has 8 nitrogen and oxygen atoms in total. The third-order valence-corrected chi connectivity index (χ3v) is 3.63. The normalized spacial score (nSPS) is 10.0. The molecule has 0 aliphatic heterocycles. The summed E-state index contributed by atoms with van der Waals surface area (Å²) >= 11 is 0. The molecule has 2 aromatic rings. The molecule has 2 rings (SSSR count). The lowest BCUT2D eigenvalue weighted by Crippen LogP contribution is -2.18. The summed E-state index contributed by atoms with van der Waals surface area (Å²) in [6, 6.07) is 13.5. The van der Waals surface area contributed by atoms with Crippen LogP contribution in [0.3, 0.4) is 0 Å². The van der Waals surface area contributed by atoms with Gasteiger partial charge in [0.15, 0.2) is 6.61 Å². The lowest BCUT2D eigenvalue weighted by atomic mass is 10.1. The topological polar surface area (TPSA) is 111 Å². The van der Waals surface area contributed by atoms with Crippen molar-refractivity contribution >= 4 is 34.9 Å². The van der Waals surface area contributed by atoms with Crippen LogP contribution < -0.4 is 15.4 Å². The Morgan fingerprint density at radius 1 is 0.897 bits per heavy atom. The minimum Gasteiger partial charge on any atom is -0.493 e. The molecule has 0 spiro atoms. The monoisotopic (exact) mass is 398 g/mol. The van der Waals surface area contributed by atoms with Crippen LogP contribution in [0.4, 0.5) is 11.4 Å². The van der Waals surface area contributed by atoms with Gasteiger partial charge in [-0.3, -0.25) is 19.2 Å². The molecule has 0 aliphatic carbocycles. The van der Waals surface area contributed by atoms with Crippen molar-refractivity contribution in [2.45, 2.75) is 20.3 Å². The van der Waals surface area contributed by atoms with Crippen molar-refractivity contribution in [3.05, 3.63) is 54.1 Å². The first-order valence-electron chi connectivity index (χ1n) is 8.91. The highest BCUT2D eigenvalue weighted by atomic mass is 16.5. The number of carbonyl (C=O) groups is 4. The third-order valence-electron chi connectivity index (χ3n) is 3.63. The van der Waals surface area contributed by atoms with Gasteiger partial charge in [0.05, 0.1) is 18.7 Å². The van der Waals surface area contributed by atoms with E-state index in [1.165, 1.54) is 32.0 Å². The van der Waals surface area contributed by atoms with Gasteiger partial charge in [-0.2, -0.15) is 0 Å². The van der Waals surface area contributed by atoms with Crippen molar-refractivity contribution in [3.63, 3.8) is 0 Å². The maximum absolute atomic E-state index is 12.4. The van der Waals surface area contributed by atoms with E-state index in [1.807, 2.05) is 18.2 Å². The highest BCUT2D eigenvalue weighted by Gasteiger charge is 2.16. The van der Waals surface area contributed by atoms with Crippen molar-refractivity contribution in [3.8, 4) is 5.75 Å². The Hall–Kier alpha value is -3.68. The summed E-state index contributed by atoms with van der Waals surface area (Å²) in [4.78, 5) is 46.9. The fourth-order valence-corrected chi connectivity index (χ4v) is 2.43. The first-order valence-corrected chi connectivity index (χ1v) is 8.91. The zero-order valence-corrected chi connectivity index (χ0v) is 16.2. The van der Waals surface area contributed by atoms with Crippen LogP contribution in [-0.2, 0) is 19.1 Å². The van der Waals surface area contributed by atoms with E-state index in [4.69, 9.17) is 9.47 Å². The molecule has 0 radical (unpaired) electrons. The molecule has 0 heterocycles. The van der Waals surface area contributed by atoms with Crippen LogP contribution in [0.15, 0.2) is 48.5 Å². The van der Waals surface area contributed by atoms with E-state index in [9.17, 15) is 19.2 Å². The molecule has 2 aromatic carbocycles. The highest BCUT2D eigenvalue weighted by Crippen LogP contribution is 2.22. The molecule has 0 aliphatic rings. The van der Waals surface area contributed by atoms with Gasteiger partial charge in [-0.25, -0.2) is 0 Å². The van der Waals surface area contributed by atoms with E-state index >= 15 is 0 Å². The predicted octanol–water partition coefficient (Wildman–Crippen LogP) is 2.80. The Labute approximate surface area is 168 Å². The van der Waals surface area contributed by atoms with Gasteiger partial charge in [-0.05, 0) is 30.3 Å². The number of anilines is 2.